The first-order valence-corrected chi connectivity index (χ1v) is 4.59. The van der Waals surface area contributed by atoms with Crippen LogP contribution in [0.4, 0.5) is 0 Å². The van der Waals surface area contributed by atoms with E-state index in [2.05, 4.69) is 0 Å². The molecule has 0 bridgehead atoms. The minimum absolute atomic E-state index is 0.103. The van der Waals surface area contributed by atoms with Gasteiger partial charge in [0.25, 0.3) is 0 Å². The number of benzene rings is 1. The zero-order chi connectivity index (χ0) is 10.6. The molecule has 5 heteroatoms. The third kappa shape index (κ3) is 2.67. The van der Waals surface area contributed by atoms with Crippen LogP contribution in [0.2, 0.25) is 10.0 Å². The summed E-state index contributed by atoms with van der Waals surface area (Å²) in [7, 11) is 3.06. The first-order valence-electron chi connectivity index (χ1n) is 3.83. The highest BCUT2D eigenvalue weighted by Gasteiger charge is 2.09. The summed E-state index contributed by atoms with van der Waals surface area (Å²) >= 11 is 11.8. The molecule has 0 saturated heterocycles. The van der Waals surface area contributed by atoms with E-state index in [1.165, 1.54) is 14.2 Å². The lowest BCUT2D eigenvalue weighted by molar-refractivity contribution is 0.0512. The van der Waals surface area contributed by atoms with Crippen LogP contribution in [0.5, 0.6) is 11.5 Å². The van der Waals surface area contributed by atoms with Crippen LogP contribution in [0.15, 0.2) is 12.1 Å². The molecule has 0 heterocycles. The molecular weight excluding hydrogens is 227 g/mol. The summed E-state index contributed by atoms with van der Waals surface area (Å²) in [6.45, 7) is 0.103. The predicted molar refractivity (Wildman–Crippen MR) is 55.5 cm³/mol. The van der Waals surface area contributed by atoms with E-state index in [0.717, 1.165) is 0 Å². The summed E-state index contributed by atoms with van der Waals surface area (Å²) in [5, 5.41) is 0.790. The van der Waals surface area contributed by atoms with Crippen molar-refractivity contribution in [3.63, 3.8) is 0 Å². The van der Waals surface area contributed by atoms with E-state index in [4.69, 9.17) is 37.4 Å². The zero-order valence-corrected chi connectivity index (χ0v) is 9.35. The van der Waals surface area contributed by atoms with Crippen molar-refractivity contribution in [2.45, 2.75) is 0 Å². The number of ether oxygens (including phenoxy) is 3. The number of halogens is 2. The number of methoxy groups -OCH3 is 2. The van der Waals surface area contributed by atoms with E-state index >= 15 is 0 Å². The molecule has 0 aliphatic heterocycles. The van der Waals surface area contributed by atoms with Crippen molar-refractivity contribution in [3.05, 3.63) is 22.2 Å². The molecule has 0 fully saturated rings. The number of hydrogen-bond acceptors (Lipinski definition) is 3. The standard InChI is InChI=1S/C9H10Cl2O3/c1-12-5-14-9-7(10)3-6(13-2)4-8(9)11/h3-4H,5H2,1-2H3. The van der Waals surface area contributed by atoms with Crippen LogP contribution in [-0.2, 0) is 4.74 Å². The van der Waals surface area contributed by atoms with Gasteiger partial charge in [-0.15, -0.1) is 0 Å². The highest BCUT2D eigenvalue weighted by Crippen LogP contribution is 2.36. The van der Waals surface area contributed by atoms with Gasteiger partial charge in [-0.2, -0.15) is 0 Å². The highest BCUT2D eigenvalue weighted by molar-refractivity contribution is 6.37. The molecule has 0 N–H and O–H groups in total. The van der Waals surface area contributed by atoms with Crippen LogP contribution in [-0.4, -0.2) is 21.0 Å². The van der Waals surface area contributed by atoms with Crippen LogP contribution in [0.1, 0.15) is 0 Å². The van der Waals surface area contributed by atoms with E-state index in [9.17, 15) is 0 Å². The molecule has 0 saturated carbocycles. The molecule has 3 nitrogen and oxygen atoms in total. The fraction of sp³-hybridized carbons (Fsp3) is 0.333. The van der Waals surface area contributed by atoms with Crippen molar-refractivity contribution in [3.8, 4) is 11.5 Å². The zero-order valence-electron chi connectivity index (χ0n) is 7.84. The van der Waals surface area contributed by atoms with Crippen molar-refractivity contribution in [2.24, 2.45) is 0 Å². The van der Waals surface area contributed by atoms with Crippen molar-refractivity contribution >= 4 is 23.2 Å². The molecule has 1 aromatic rings. The molecular formula is C9H10Cl2O3. The molecule has 0 unspecified atom stereocenters. The van der Waals surface area contributed by atoms with Gasteiger partial charge in [-0.25, -0.2) is 0 Å². The summed E-state index contributed by atoms with van der Waals surface area (Å²) in [5.74, 6) is 0.987. The van der Waals surface area contributed by atoms with Crippen molar-refractivity contribution in [1.82, 2.24) is 0 Å². The summed E-state index contributed by atoms with van der Waals surface area (Å²) in [6.07, 6.45) is 0. The van der Waals surface area contributed by atoms with Crippen LogP contribution < -0.4 is 9.47 Å². The second-order valence-corrected chi connectivity index (χ2v) is 3.29. The van der Waals surface area contributed by atoms with E-state index in [1.807, 2.05) is 0 Å². The lowest BCUT2D eigenvalue weighted by Gasteiger charge is -2.10. The topological polar surface area (TPSA) is 27.7 Å². The van der Waals surface area contributed by atoms with Gasteiger partial charge in [0.05, 0.1) is 17.2 Å². The quantitative estimate of drug-likeness (QED) is 0.753. The second kappa shape index (κ2) is 5.29. The van der Waals surface area contributed by atoms with Crippen LogP contribution in [0.3, 0.4) is 0 Å². The van der Waals surface area contributed by atoms with Gasteiger partial charge in [0.15, 0.2) is 12.5 Å². The minimum Gasteiger partial charge on any atom is -0.497 e. The Balaban J connectivity index is 2.93. The van der Waals surface area contributed by atoms with E-state index in [1.54, 1.807) is 12.1 Å². The van der Waals surface area contributed by atoms with Gasteiger partial charge in [-0.05, 0) is 0 Å². The van der Waals surface area contributed by atoms with Gasteiger partial charge in [0.2, 0.25) is 0 Å². The van der Waals surface area contributed by atoms with Crippen molar-refractivity contribution in [2.75, 3.05) is 21.0 Å². The molecule has 0 aliphatic rings. The first kappa shape index (κ1) is 11.4. The fourth-order valence-corrected chi connectivity index (χ4v) is 1.49. The van der Waals surface area contributed by atoms with Crippen molar-refractivity contribution < 1.29 is 14.2 Å². The normalized spacial score (nSPS) is 10.0. The molecule has 0 atom stereocenters. The largest absolute Gasteiger partial charge is 0.497 e. The Labute approximate surface area is 92.5 Å². The van der Waals surface area contributed by atoms with Gasteiger partial charge in [0, 0.05) is 19.2 Å². The van der Waals surface area contributed by atoms with Crippen LogP contribution >= 0.6 is 23.2 Å². The number of rotatable bonds is 4. The SMILES string of the molecule is COCOc1c(Cl)cc(OC)cc1Cl. The van der Waals surface area contributed by atoms with Gasteiger partial charge >= 0.3 is 0 Å². The maximum atomic E-state index is 5.90. The second-order valence-electron chi connectivity index (χ2n) is 2.47. The van der Waals surface area contributed by atoms with Gasteiger partial charge in [-0.1, -0.05) is 23.2 Å². The maximum Gasteiger partial charge on any atom is 0.188 e. The van der Waals surface area contributed by atoms with Crippen LogP contribution in [0, 0.1) is 0 Å². The first-order chi connectivity index (χ1) is 6.69. The summed E-state index contributed by atoms with van der Waals surface area (Å²) in [5.41, 5.74) is 0. The third-order valence-corrected chi connectivity index (χ3v) is 2.09. The average molecular weight is 237 g/mol. The molecule has 0 amide bonds. The van der Waals surface area contributed by atoms with Gasteiger partial charge in [-0.3, -0.25) is 0 Å². The van der Waals surface area contributed by atoms with Gasteiger partial charge < -0.3 is 14.2 Å². The smallest absolute Gasteiger partial charge is 0.188 e. The molecule has 78 valence electrons. The Morgan fingerprint density at radius 3 is 2.14 bits per heavy atom. The lowest BCUT2D eigenvalue weighted by atomic mass is 10.3. The van der Waals surface area contributed by atoms with E-state index in [-0.39, 0.29) is 6.79 Å². The summed E-state index contributed by atoms with van der Waals surface area (Å²) < 4.78 is 14.9. The minimum atomic E-state index is 0.103. The molecule has 0 radical (unpaired) electrons. The Morgan fingerprint density at radius 1 is 1.14 bits per heavy atom. The molecule has 1 rings (SSSR count). The third-order valence-electron chi connectivity index (χ3n) is 1.53. The number of hydrogen-bond donors (Lipinski definition) is 0. The van der Waals surface area contributed by atoms with Crippen LogP contribution in [0.25, 0.3) is 0 Å². The summed E-state index contributed by atoms with van der Waals surface area (Å²) in [6, 6.07) is 3.25. The Bertz CT molecular complexity index is 292. The fourth-order valence-electron chi connectivity index (χ4n) is 0.910. The molecule has 14 heavy (non-hydrogen) atoms. The molecule has 0 aliphatic carbocycles. The van der Waals surface area contributed by atoms with Gasteiger partial charge in [0.1, 0.15) is 5.75 Å². The predicted octanol–water partition coefficient (Wildman–Crippen LogP) is 2.98. The highest BCUT2D eigenvalue weighted by atomic mass is 35.5. The van der Waals surface area contributed by atoms with Crippen molar-refractivity contribution in [1.29, 1.82) is 0 Å². The monoisotopic (exact) mass is 236 g/mol. The van der Waals surface area contributed by atoms with E-state index in [0.29, 0.717) is 21.5 Å². The summed E-state index contributed by atoms with van der Waals surface area (Å²) in [4.78, 5) is 0. The Morgan fingerprint density at radius 2 is 1.71 bits per heavy atom. The lowest BCUT2D eigenvalue weighted by Crippen LogP contribution is -2.00. The average Bonchev–Trinajstić information content (AvgIpc) is 2.16. The maximum absolute atomic E-state index is 5.90. The Kier molecular flexibility index (Phi) is 4.32. The molecule has 0 spiro atoms. The molecule has 1 aromatic carbocycles. The van der Waals surface area contributed by atoms with E-state index < -0.39 is 0 Å². The molecule has 0 aromatic heterocycles. The Hall–Kier alpha value is -0.640.